The van der Waals surface area contributed by atoms with Crippen LogP contribution in [-0.4, -0.2) is 28.4 Å². The number of nitrogens with zero attached hydrogens (tertiary/aromatic N) is 2. The zero-order valence-electron chi connectivity index (χ0n) is 7.01. The Labute approximate surface area is 79.5 Å². The van der Waals surface area contributed by atoms with E-state index in [1.54, 1.807) is 6.07 Å². The van der Waals surface area contributed by atoms with Crippen molar-refractivity contribution < 1.29 is 13.0 Å². The van der Waals surface area contributed by atoms with Crippen LogP contribution in [0.4, 0.5) is 0 Å². The van der Waals surface area contributed by atoms with Crippen LogP contribution in [0.1, 0.15) is 0 Å². The van der Waals surface area contributed by atoms with Gasteiger partial charge in [0.2, 0.25) is 0 Å². The minimum Gasteiger partial charge on any atom is -0.344 e. The molecule has 0 saturated carbocycles. The predicted octanol–water partition coefficient (Wildman–Crippen LogP) is 0.367. The van der Waals surface area contributed by atoms with Gasteiger partial charge in [-0.3, -0.25) is 9.65 Å². The molecule has 0 radical (unpaired) electrons. The number of rotatable bonds is 1. The van der Waals surface area contributed by atoms with E-state index >= 15 is 0 Å². The van der Waals surface area contributed by atoms with Crippen LogP contribution in [-0.2, 0) is 10.1 Å². The van der Waals surface area contributed by atoms with Crippen molar-refractivity contribution in [1.29, 1.82) is 0 Å². The van der Waals surface area contributed by atoms with E-state index in [4.69, 9.17) is 4.55 Å². The molecule has 0 aliphatic heterocycles. The normalized spacial score (nSPS) is 11.2. The molecule has 0 bridgehead atoms. The second-order valence-corrected chi connectivity index (χ2v) is 3.83. The Hall–Kier alpha value is -1.51. The van der Waals surface area contributed by atoms with Crippen molar-refractivity contribution in [1.82, 2.24) is 21.6 Å². The summed E-state index contributed by atoms with van der Waals surface area (Å²) in [4.78, 5) is -0.237. The van der Waals surface area contributed by atoms with Crippen LogP contribution in [0.5, 0.6) is 0 Å². The molecular weight excluding hydrogens is 208 g/mol. The number of fused-ring (bicyclic) bond motifs is 1. The van der Waals surface area contributed by atoms with Crippen molar-refractivity contribution in [3.63, 3.8) is 0 Å². The highest BCUT2D eigenvalue weighted by Gasteiger charge is 2.15. The quantitative estimate of drug-likeness (QED) is 0.590. The Kier molecular flexibility index (Phi) is 2.51. The summed E-state index contributed by atoms with van der Waals surface area (Å²) in [6.07, 6.45) is 0. The van der Waals surface area contributed by atoms with Gasteiger partial charge in [-0.15, -0.1) is 5.10 Å². The molecule has 0 unspecified atom stereocenters. The highest BCUT2D eigenvalue weighted by molar-refractivity contribution is 7.86. The van der Waals surface area contributed by atoms with Gasteiger partial charge in [0, 0.05) is 0 Å². The summed E-state index contributed by atoms with van der Waals surface area (Å²) in [6, 6.07) is 4.37. The fourth-order valence-electron chi connectivity index (χ4n) is 1.05. The minimum absolute atomic E-state index is 0. The molecule has 0 atom stereocenters. The molecule has 2 aromatic rings. The van der Waals surface area contributed by atoms with Crippen LogP contribution in [0.2, 0.25) is 0 Å². The second kappa shape index (κ2) is 3.33. The van der Waals surface area contributed by atoms with Crippen LogP contribution in [0.15, 0.2) is 23.1 Å². The lowest BCUT2D eigenvalue weighted by Gasteiger charge is -1.95. The van der Waals surface area contributed by atoms with Gasteiger partial charge in [-0.05, 0) is 12.1 Å². The van der Waals surface area contributed by atoms with Gasteiger partial charge in [-0.2, -0.15) is 8.42 Å². The lowest BCUT2D eigenvalue weighted by Crippen LogP contribution is -1.98. The number of nitrogens with one attached hydrogen (secondary N) is 1. The second-order valence-electron chi connectivity index (χ2n) is 2.44. The first-order valence-electron chi connectivity index (χ1n) is 3.36. The molecule has 7 nitrogen and oxygen atoms in total. The molecule has 0 saturated heterocycles. The van der Waals surface area contributed by atoms with Gasteiger partial charge < -0.3 is 6.15 Å². The van der Waals surface area contributed by atoms with E-state index in [-0.39, 0.29) is 16.6 Å². The van der Waals surface area contributed by atoms with Gasteiger partial charge in [0.1, 0.15) is 10.4 Å². The largest absolute Gasteiger partial charge is 0.344 e. The minimum atomic E-state index is -4.22. The Bertz CT molecular complexity index is 547. The van der Waals surface area contributed by atoms with Gasteiger partial charge >= 0.3 is 0 Å². The molecular formula is C6H8N4O3S. The molecule has 0 amide bonds. The molecule has 0 aliphatic rings. The fraction of sp³-hybridized carbons (Fsp3) is 0. The summed E-state index contributed by atoms with van der Waals surface area (Å²) >= 11 is 0. The maximum atomic E-state index is 10.8. The van der Waals surface area contributed by atoms with Crippen molar-refractivity contribution in [2.24, 2.45) is 0 Å². The van der Waals surface area contributed by atoms with Crippen molar-refractivity contribution in [2.75, 3.05) is 0 Å². The lowest BCUT2D eigenvalue weighted by atomic mass is 10.3. The van der Waals surface area contributed by atoms with Gasteiger partial charge in [0.25, 0.3) is 10.1 Å². The first-order valence-corrected chi connectivity index (χ1v) is 4.80. The standard InChI is InChI=1S/C6H5N3O3S.H3N/c10-13(11,12)5-3-1-2-4-6(5)8-9-7-4;/h1-3H,(H,7,8,9)(H,10,11,12);1H3. The average Bonchev–Trinajstić information content (AvgIpc) is 2.48. The van der Waals surface area contributed by atoms with Gasteiger partial charge in [0.15, 0.2) is 0 Å². The first kappa shape index (κ1) is 10.6. The monoisotopic (exact) mass is 216 g/mol. The highest BCUT2D eigenvalue weighted by Crippen LogP contribution is 2.17. The molecule has 0 fully saturated rings. The number of aromatic nitrogens is 3. The maximum absolute atomic E-state index is 10.8. The zero-order chi connectivity index (χ0) is 9.47. The van der Waals surface area contributed by atoms with Crippen LogP contribution in [0.25, 0.3) is 11.0 Å². The third kappa shape index (κ3) is 1.58. The summed E-state index contributed by atoms with van der Waals surface area (Å²) in [7, 11) is -4.22. The number of hydrogen-bond acceptors (Lipinski definition) is 5. The van der Waals surface area contributed by atoms with Crippen LogP contribution < -0.4 is 6.15 Å². The molecule has 1 aromatic heterocycles. The van der Waals surface area contributed by atoms with Crippen molar-refractivity contribution in [3.8, 4) is 0 Å². The van der Waals surface area contributed by atoms with E-state index < -0.39 is 10.1 Å². The molecule has 5 N–H and O–H groups in total. The summed E-state index contributed by atoms with van der Waals surface area (Å²) in [5.41, 5.74) is 0.611. The maximum Gasteiger partial charge on any atom is 0.296 e. The topological polar surface area (TPSA) is 131 Å². The first-order chi connectivity index (χ1) is 6.09. The molecule has 1 aromatic carbocycles. The molecule has 8 heteroatoms. The fourth-order valence-corrected chi connectivity index (χ4v) is 1.70. The van der Waals surface area contributed by atoms with Gasteiger partial charge in [0.05, 0.1) is 5.52 Å². The highest BCUT2D eigenvalue weighted by atomic mass is 32.2. The summed E-state index contributed by atoms with van der Waals surface area (Å²) in [5, 5.41) is 9.46. The Morgan fingerprint density at radius 2 is 2.07 bits per heavy atom. The Balaban J connectivity index is 0.000000980. The number of aromatic amines is 1. The number of benzene rings is 1. The molecule has 2 rings (SSSR count). The van der Waals surface area contributed by atoms with Gasteiger partial charge in [-0.1, -0.05) is 11.3 Å². The van der Waals surface area contributed by atoms with E-state index in [1.165, 1.54) is 12.1 Å². The molecule has 0 aliphatic carbocycles. The summed E-state index contributed by atoms with van der Waals surface area (Å²) < 4.78 is 30.4. The molecule has 14 heavy (non-hydrogen) atoms. The Morgan fingerprint density at radius 3 is 2.71 bits per heavy atom. The van der Waals surface area contributed by atoms with E-state index in [0.29, 0.717) is 5.52 Å². The smallest absolute Gasteiger partial charge is 0.296 e. The van der Waals surface area contributed by atoms with Crippen molar-refractivity contribution in [2.45, 2.75) is 4.90 Å². The number of hydrogen-bond donors (Lipinski definition) is 3. The van der Waals surface area contributed by atoms with E-state index in [9.17, 15) is 8.42 Å². The molecule has 0 spiro atoms. The van der Waals surface area contributed by atoms with Crippen molar-refractivity contribution in [3.05, 3.63) is 18.2 Å². The van der Waals surface area contributed by atoms with Crippen molar-refractivity contribution >= 4 is 21.2 Å². The number of H-pyrrole nitrogens is 1. The SMILES string of the molecule is N.O=S(=O)(O)c1cccc2[nH]nnc12. The zero-order valence-corrected chi connectivity index (χ0v) is 7.82. The third-order valence-electron chi connectivity index (χ3n) is 1.60. The third-order valence-corrected chi connectivity index (χ3v) is 2.48. The van der Waals surface area contributed by atoms with E-state index in [0.717, 1.165) is 0 Å². The molecule has 1 heterocycles. The van der Waals surface area contributed by atoms with Crippen LogP contribution in [0.3, 0.4) is 0 Å². The van der Waals surface area contributed by atoms with Crippen LogP contribution >= 0.6 is 0 Å². The predicted molar refractivity (Wildman–Crippen MR) is 48.7 cm³/mol. The Morgan fingerprint density at radius 1 is 1.36 bits per heavy atom. The van der Waals surface area contributed by atoms with E-state index in [1.807, 2.05) is 0 Å². The average molecular weight is 216 g/mol. The molecule has 76 valence electrons. The summed E-state index contributed by atoms with van der Waals surface area (Å²) in [5.74, 6) is 0. The van der Waals surface area contributed by atoms with Gasteiger partial charge in [-0.25, -0.2) is 0 Å². The lowest BCUT2D eigenvalue weighted by molar-refractivity contribution is 0.484. The summed E-state index contributed by atoms with van der Waals surface area (Å²) in [6.45, 7) is 0. The van der Waals surface area contributed by atoms with E-state index in [2.05, 4.69) is 15.4 Å². The van der Waals surface area contributed by atoms with Crippen LogP contribution in [0, 0.1) is 0 Å².